The molecule has 0 saturated heterocycles. The third kappa shape index (κ3) is 6.17. The largest absolute Gasteiger partial charge is 0.385 e. The zero-order valence-electron chi connectivity index (χ0n) is 19.4. The molecule has 0 bridgehead atoms. The molecule has 0 N–H and O–H groups in total. The molecule has 0 aliphatic carbocycles. The first kappa shape index (κ1) is 24.4. The fourth-order valence-corrected chi connectivity index (χ4v) is 5.00. The maximum absolute atomic E-state index is 13.6. The Morgan fingerprint density at radius 2 is 1.94 bits per heavy atom. The normalized spacial score (nSPS) is 16.0. The van der Waals surface area contributed by atoms with Crippen LogP contribution in [-0.4, -0.2) is 55.0 Å². The lowest BCUT2D eigenvalue weighted by atomic mass is 9.91. The SMILES string of the molecule is COCCCN(CC(=O)N1CCc2sccc2C1c1ccc(F)cc1)C(=O)CC(C)(C)C. The van der Waals surface area contributed by atoms with Gasteiger partial charge in [-0.25, -0.2) is 4.39 Å². The van der Waals surface area contributed by atoms with E-state index in [1.807, 2.05) is 31.1 Å². The van der Waals surface area contributed by atoms with Crippen LogP contribution in [0.5, 0.6) is 0 Å². The standard InChI is InChI=1S/C25H33FN2O3S/c1-25(2,3)16-22(29)27(12-5-14-31-4)17-23(30)28-13-10-21-20(11-15-32-21)24(28)18-6-8-19(26)9-7-18/h6-9,11,15,24H,5,10,12-14,16-17H2,1-4H3. The summed E-state index contributed by atoms with van der Waals surface area (Å²) in [6, 6.07) is 8.14. The van der Waals surface area contributed by atoms with Crippen molar-refractivity contribution >= 4 is 23.2 Å². The highest BCUT2D eigenvalue weighted by Gasteiger charge is 2.34. The third-order valence-corrected chi connectivity index (χ3v) is 6.61. The number of hydrogen-bond donors (Lipinski definition) is 0. The first-order valence-electron chi connectivity index (χ1n) is 11.1. The third-order valence-electron chi connectivity index (χ3n) is 5.61. The first-order chi connectivity index (χ1) is 15.2. The zero-order valence-corrected chi connectivity index (χ0v) is 20.2. The highest BCUT2D eigenvalue weighted by molar-refractivity contribution is 7.10. The lowest BCUT2D eigenvalue weighted by Crippen LogP contribution is -2.47. The molecule has 1 unspecified atom stereocenters. The van der Waals surface area contributed by atoms with E-state index in [4.69, 9.17) is 4.74 Å². The van der Waals surface area contributed by atoms with Gasteiger partial charge in [-0.2, -0.15) is 0 Å². The number of methoxy groups -OCH3 is 1. The van der Waals surface area contributed by atoms with Crippen LogP contribution in [0.2, 0.25) is 0 Å². The lowest BCUT2D eigenvalue weighted by Gasteiger charge is -2.38. The maximum atomic E-state index is 13.6. The molecule has 0 spiro atoms. The number of nitrogens with zero attached hydrogens (tertiary/aromatic N) is 2. The van der Waals surface area contributed by atoms with Crippen molar-refractivity contribution < 1.29 is 18.7 Å². The maximum Gasteiger partial charge on any atom is 0.242 e. The zero-order chi connectivity index (χ0) is 23.3. The molecule has 0 saturated carbocycles. The molecule has 2 amide bonds. The highest BCUT2D eigenvalue weighted by atomic mass is 32.1. The lowest BCUT2D eigenvalue weighted by molar-refractivity contribution is -0.142. The van der Waals surface area contributed by atoms with E-state index in [0.717, 1.165) is 17.5 Å². The highest BCUT2D eigenvalue weighted by Crippen LogP contribution is 2.38. The summed E-state index contributed by atoms with van der Waals surface area (Å²) in [7, 11) is 1.63. The van der Waals surface area contributed by atoms with Crippen LogP contribution in [0.15, 0.2) is 35.7 Å². The Morgan fingerprint density at radius 3 is 2.59 bits per heavy atom. The minimum atomic E-state index is -0.301. The molecule has 174 valence electrons. The molecule has 32 heavy (non-hydrogen) atoms. The molecule has 1 aliphatic rings. The number of halogens is 1. The second-order valence-corrected chi connectivity index (χ2v) is 10.5. The molecule has 2 heterocycles. The summed E-state index contributed by atoms with van der Waals surface area (Å²) in [6.45, 7) is 7.69. The van der Waals surface area contributed by atoms with Crippen LogP contribution in [-0.2, 0) is 20.7 Å². The van der Waals surface area contributed by atoms with Gasteiger partial charge in [0.2, 0.25) is 11.8 Å². The summed E-state index contributed by atoms with van der Waals surface area (Å²) in [4.78, 5) is 31.3. The molecule has 2 aromatic rings. The number of amides is 2. The van der Waals surface area contributed by atoms with Crippen LogP contribution in [0.4, 0.5) is 4.39 Å². The summed E-state index contributed by atoms with van der Waals surface area (Å²) >= 11 is 1.69. The van der Waals surface area contributed by atoms with Crippen molar-refractivity contribution in [3.8, 4) is 0 Å². The smallest absolute Gasteiger partial charge is 0.242 e. The fraction of sp³-hybridized carbons (Fsp3) is 0.520. The number of rotatable bonds is 8. The van der Waals surface area contributed by atoms with Gasteiger partial charge >= 0.3 is 0 Å². The van der Waals surface area contributed by atoms with E-state index < -0.39 is 0 Å². The molecule has 1 aromatic heterocycles. The van der Waals surface area contributed by atoms with Gasteiger partial charge in [0.05, 0.1) is 12.6 Å². The predicted octanol–water partition coefficient (Wildman–Crippen LogP) is 4.66. The quantitative estimate of drug-likeness (QED) is 0.538. The number of carbonyl (C=O) groups excluding carboxylic acids is 2. The molecule has 7 heteroatoms. The van der Waals surface area contributed by atoms with Gasteiger partial charge in [0.15, 0.2) is 0 Å². The Hall–Kier alpha value is -2.25. The van der Waals surface area contributed by atoms with Crippen molar-refractivity contribution in [2.75, 3.05) is 33.4 Å². The van der Waals surface area contributed by atoms with E-state index in [9.17, 15) is 14.0 Å². The van der Waals surface area contributed by atoms with Gasteiger partial charge in [0, 0.05) is 38.1 Å². The molecule has 3 rings (SSSR count). The Balaban J connectivity index is 1.83. The molecule has 1 atom stereocenters. The predicted molar refractivity (Wildman–Crippen MR) is 125 cm³/mol. The van der Waals surface area contributed by atoms with Crippen molar-refractivity contribution in [3.05, 3.63) is 57.5 Å². The second kappa shape index (κ2) is 10.6. The minimum absolute atomic E-state index is 0.0199. The van der Waals surface area contributed by atoms with Gasteiger partial charge in [0.25, 0.3) is 0 Å². The molecular weight excluding hydrogens is 427 g/mol. The molecule has 5 nitrogen and oxygen atoms in total. The summed E-state index contributed by atoms with van der Waals surface area (Å²) < 4.78 is 18.7. The van der Waals surface area contributed by atoms with E-state index in [-0.39, 0.29) is 35.6 Å². The number of benzene rings is 1. The van der Waals surface area contributed by atoms with Gasteiger partial charge in [-0.15, -0.1) is 11.3 Å². The molecule has 1 aliphatic heterocycles. The summed E-state index contributed by atoms with van der Waals surface area (Å²) in [5.74, 6) is -0.408. The van der Waals surface area contributed by atoms with Gasteiger partial charge < -0.3 is 14.5 Å². The molecule has 0 radical (unpaired) electrons. The average molecular weight is 461 g/mol. The van der Waals surface area contributed by atoms with Gasteiger partial charge in [0.1, 0.15) is 5.82 Å². The number of hydrogen-bond acceptors (Lipinski definition) is 4. The topological polar surface area (TPSA) is 49.9 Å². The van der Waals surface area contributed by atoms with Crippen LogP contribution in [0, 0.1) is 11.2 Å². The van der Waals surface area contributed by atoms with Crippen LogP contribution in [0.1, 0.15) is 55.7 Å². The van der Waals surface area contributed by atoms with Crippen molar-refractivity contribution in [1.82, 2.24) is 9.80 Å². The second-order valence-electron chi connectivity index (χ2n) is 9.49. The number of thiophene rings is 1. The van der Waals surface area contributed by atoms with Crippen LogP contribution in [0.25, 0.3) is 0 Å². The number of ether oxygens (including phenoxy) is 1. The van der Waals surface area contributed by atoms with Crippen LogP contribution >= 0.6 is 11.3 Å². The van der Waals surface area contributed by atoms with Gasteiger partial charge in [-0.05, 0) is 53.0 Å². The Labute approximate surface area is 194 Å². The van der Waals surface area contributed by atoms with E-state index in [0.29, 0.717) is 32.5 Å². The van der Waals surface area contributed by atoms with Crippen molar-refractivity contribution in [3.63, 3.8) is 0 Å². The van der Waals surface area contributed by atoms with E-state index in [1.165, 1.54) is 17.0 Å². The fourth-order valence-electron chi connectivity index (χ4n) is 4.10. The minimum Gasteiger partial charge on any atom is -0.385 e. The van der Waals surface area contributed by atoms with Gasteiger partial charge in [-0.3, -0.25) is 9.59 Å². The van der Waals surface area contributed by atoms with Crippen LogP contribution in [0.3, 0.4) is 0 Å². The Morgan fingerprint density at radius 1 is 1.22 bits per heavy atom. The van der Waals surface area contributed by atoms with Crippen molar-refractivity contribution in [2.24, 2.45) is 5.41 Å². The molecule has 1 aromatic carbocycles. The average Bonchev–Trinajstić information content (AvgIpc) is 3.20. The first-order valence-corrected chi connectivity index (χ1v) is 12.0. The Bertz CT molecular complexity index is 920. The number of fused-ring (bicyclic) bond motifs is 1. The van der Waals surface area contributed by atoms with E-state index >= 15 is 0 Å². The molecule has 0 fully saturated rings. The molecular formula is C25H33FN2O3S. The van der Waals surface area contributed by atoms with Crippen molar-refractivity contribution in [1.29, 1.82) is 0 Å². The van der Waals surface area contributed by atoms with E-state index in [2.05, 4.69) is 6.07 Å². The summed E-state index contributed by atoms with van der Waals surface area (Å²) in [6.07, 6.45) is 1.84. The van der Waals surface area contributed by atoms with Crippen molar-refractivity contribution in [2.45, 2.75) is 46.1 Å². The number of carbonyl (C=O) groups is 2. The summed E-state index contributed by atoms with van der Waals surface area (Å²) in [5, 5.41) is 2.04. The Kier molecular flexibility index (Phi) is 8.06. The van der Waals surface area contributed by atoms with E-state index in [1.54, 1.807) is 35.5 Å². The van der Waals surface area contributed by atoms with Gasteiger partial charge in [-0.1, -0.05) is 32.9 Å². The summed E-state index contributed by atoms with van der Waals surface area (Å²) in [5.41, 5.74) is 1.81. The van der Waals surface area contributed by atoms with Crippen LogP contribution < -0.4 is 0 Å². The monoisotopic (exact) mass is 460 g/mol.